The van der Waals surface area contributed by atoms with Crippen LogP contribution in [0.5, 0.6) is 0 Å². The van der Waals surface area contributed by atoms with Gasteiger partial charge in [-0.1, -0.05) is 12.1 Å². The van der Waals surface area contributed by atoms with Crippen LogP contribution in [0.25, 0.3) is 0 Å². The number of Topliss-reactive ketones (excluding diaryl/α,β-unsaturated/α-hetero) is 1. The first-order valence-corrected chi connectivity index (χ1v) is 4.59. The molecule has 0 aliphatic carbocycles. The van der Waals surface area contributed by atoms with E-state index in [4.69, 9.17) is 5.73 Å². The minimum absolute atomic E-state index is 0.0197. The van der Waals surface area contributed by atoms with E-state index in [9.17, 15) is 4.79 Å². The Morgan fingerprint density at radius 3 is 2.57 bits per heavy atom. The van der Waals surface area contributed by atoms with Crippen LogP contribution in [0.2, 0.25) is 0 Å². The summed E-state index contributed by atoms with van der Waals surface area (Å²) in [6, 6.07) is 7.03. The first-order valence-electron chi connectivity index (χ1n) is 4.59. The molecule has 0 aliphatic rings. The predicted molar refractivity (Wildman–Crippen MR) is 58.7 cm³/mol. The molecule has 76 valence electrons. The SMILES string of the molecule is CC(N)C(=O)c1cccc(N(C)C)c1. The fourth-order valence-electron chi connectivity index (χ4n) is 1.20. The van der Waals surface area contributed by atoms with Gasteiger partial charge in [-0.3, -0.25) is 4.79 Å². The second-order valence-corrected chi connectivity index (χ2v) is 3.60. The van der Waals surface area contributed by atoms with Crippen LogP contribution in [0, 0.1) is 0 Å². The van der Waals surface area contributed by atoms with Gasteiger partial charge in [-0.05, 0) is 19.1 Å². The lowest BCUT2D eigenvalue weighted by atomic mass is 10.1. The molecule has 1 rings (SSSR count). The Balaban J connectivity index is 3.00. The molecule has 0 aromatic heterocycles. The Labute approximate surface area is 84.5 Å². The van der Waals surface area contributed by atoms with Crippen molar-refractivity contribution in [1.82, 2.24) is 0 Å². The van der Waals surface area contributed by atoms with Crippen LogP contribution in [0.15, 0.2) is 24.3 Å². The molecule has 14 heavy (non-hydrogen) atoms. The molecule has 0 radical (unpaired) electrons. The fourth-order valence-corrected chi connectivity index (χ4v) is 1.20. The Kier molecular flexibility index (Phi) is 3.25. The zero-order chi connectivity index (χ0) is 10.7. The van der Waals surface area contributed by atoms with E-state index in [-0.39, 0.29) is 5.78 Å². The Morgan fingerprint density at radius 1 is 1.43 bits per heavy atom. The van der Waals surface area contributed by atoms with Crippen molar-refractivity contribution >= 4 is 11.5 Å². The van der Waals surface area contributed by atoms with Gasteiger partial charge in [0.25, 0.3) is 0 Å². The van der Waals surface area contributed by atoms with Gasteiger partial charge < -0.3 is 10.6 Å². The van der Waals surface area contributed by atoms with Crippen molar-refractivity contribution in [2.45, 2.75) is 13.0 Å². The molecule has 0 aliphatic heterocycles. The summed E-state index contributed by atoms with van der Waals surface area (Å²) in [5.41, 5.74) is 7.21. The summed E-state index contributed by atoms with van der Waals surface area (Å²) in [7, 11) is 3.88. The highest BCUT2D eigenvalue weighted by atomic mass is 16.1. The minimum Gasteiger partial charge on any atom is -0.378 e. The average molecular weight is 192 g/mol. The third-order valence-corrected chi connectivity index (χ3v) is 2.06. The molecule has 1 atom stereocenters. The van der Waals surface area contributed by atoms with Gasteiger partial charge in [-0.25, -0.2) is 0 Å². The monoisotopic (exact) mass is 192 g/mol. The van der Waals surface area contributed by atoms with Crippen LogP contribution in [0.1, 0.15) is 17.3 Å². The molecule has 3 nitrogen and oxygen atoms in total. The molecule has 0 saturated heterocycles. The third-order valence-electron chi connectivity index (χ3n) is 2.06. The van der Waals surface area contributed by atoms with Crippen LogP contribution < -0.4 is 10.6 Å². The molecular weight excluding hydrogens is 176 g/mol. The van der Waals surface area contributed by atoms with Gasteiger partial charge in [0.2, 0.25) is 0 Å². The number of ketones is 1. The maximum Gasteiger partial charge on any atom is 0.179 e. The number of benzene rings is 1. The molecule has 0 fully saturated rings. The van der Waals surface area contributed by atoms with Gasteiger partial charge in [0, 0.05) is 25.3 Å². The van der Waals surface area contributed by atoms with Crippen LogP contribution in [-0.4, -0.2) is 25.9 Å². The topological polar surface area (TPSA) is 46.3 Å². The number of carbonyl (C=O) groups excluding carboxylic acids is 1. The fraction of sp³-hybridized carbons (Fsp3) is 0.364. The number of nitrogens with zero attached hydrogens (tertiary/aromatic N) is 1. The van der Waals surface area contributed by atoms with Crippen molar-refractivity contribution in [2.75, 3.05) is 19.0 Å². The highest BCUT2D eigenvalue weighted by molar-refractivity contribution is 6.00. The number of hydrogen-bond donors (Lipinski definition) is 1. The molecule has 1 unspecified atom stereocenters. The quantitative estimate of drug-likeness (QED) is 0.734. The molecule has 1 aromatic rings. The molecule has 3 heteroatoms. The van der Waals surface area contributed by atoms with Gasteiger partial charge in [-0.2, -0.15) is 0 Å². The van der Waals surface area contributed by atoms with Gasteiger partial charge >= 0.3 is 0 Å². The van der Waals surface area contributed by atoms with E-state index in [2.05, 4.69) is 0 Å². The lowest BCUT2D eigenvalue weighted by Gasteiger charge is -2.13. The number of anilines is 1. The molecule has 2 N–H and O–H groups in total. The van der Waals surface area contributed by atoms with Crippen molar-refractivity contribution in [1.29, 1.82) is 0 Å². The summed E-state index contributed by atoms with van der Waals surface area (Å²) >= 11 is 0. The van der Waals surface area contributed by atoms with Crippen molar-refractivity contribution in [2.24, 2.45) is 5.73 Å². The van der Waals surface area contributed by atoms with Crippen LogP contribution >= 0.6 is 0 Å². The lowest BCUT2D eigenvalue weighted by molar-refractivity contribution is 0.0968. The van der Waals surface area contributed by atoms with E-state index in [0.29, 0.717) is 5.56 Å². The van der Waals surface area contributed by atoms with Gasteiger partial charge in [0.15, 0.2) is 5.78 Å². The Hall–Kier alpha value is -1.35. The van der Waals surface area contributed by atoms with Gasteiger partial charge in [0.1, 0.15) is 0 Å². The number of rotatable bonds is 3. The summed E-state index contributed by atoms with van der Waals surface area (Å²) in [6.07, 6.45) is 0. The van der Waals surface area contributed by atoms with Gasteiger partial charge in [-0.15, -0.1) is 0 Å². The number of carbonyl (C=O) groups is 1. The van der Waals surface area contributed by atoms with Crippen LogP contribution in [-0.2, 0) is 0 Å². The molecular formula is C11H16N2O. The normalized spacial score (nSPS) is 12.3. The van der Waals surface area contributed by atoms with Crippen molar-refractivity contribution in [3.05, 3.63) is 29.8 Å². The van der Waals surface area contributed by atoms with E-state index >= 15 is 0 Å². The van der Waals surface area contributed by atoms with E-state index < -0.39 is 6.04 Å². The zero-order valence-electron chi connectivity index (χ0n) is 8.82. The van der Waals surface area contributed by atoms with Crippen molar-refractivity contribution in [3.63, 3.8) is 0 Å². The van der Waals surface area contributed by atoms with E-state index in [1.165, 1.54) is 0 Å². The second kappa shape index (κ2) is 4.24. The summed E-state index contributed by atoms with van der Waals surface area (Å²) in [6.45, 7) is 1.70. The smallest absolute Gasteiger partial charge is 0.179 e. The summed E-state index contributed by atoms with van der Waals surface area (Å²) in [5, 5.41) is 0. The van der Waals surface area contributed by atoms with E-state index in [1.807, 2.05) is 37.2 Å². The molecule has 0 spiro atoms. The molecule has 0 bridgehead atoms. The molecule has 0 heterocycles. The van der Waals surface area contributed by atoms with E-state index in [1.54, 1.807) is 13.0 Å². The maximum atomic E-state index is 11.6. The Morgan fingerprint density at radius 2 is 2.07 bits per heavy atom. The predicted octanol–water partition coefficient (Wildman–Crippen LogP) is 1.28. The highest BCUT2D eigenvalue weighted by Gasteiger charge is 2.10. The average Bonchev–Trinajstić information content (AvgIpc) is 2.16. The summed E-state index contributed by atoms with van der Waals surface area (Å²) < 4.78 is 0. The lowest BCUT2D eigenvalue weighted by Crippen LogP contribution is -2.26. The zero-order valence-corrected chi connectivity index (χ0v) is 8.82. The van der Waals surface area contributed by atoms with Gasteiger partial charge in [0.05, 0.1) is 6.04 Å². The first-order chi connectivity index (χ1) is 6.52. The van der Waals surface area contributed by atoms with Crippen molar-refractivity contribution < 1.29 is 4.79 Å². The molecule has 0 amide bonds. The van der Waals surface area contributed by atoms with Crippen LogP contribution in [0.4, 0.5) is 5.69 Å². The minimum atomic E-state index is -0.438. The first kappa shape index (κ1) is 10.7. The number of nitrogens with two attached hydrogens (primary N) is 1. The second-order valence-electron chi connectivity index (χ2n) is 3.60. The highest BCUT2D eigenvalue weighted by Crippen LogP contribution is 2.14. The van der Waals surface area contributed by atoms with Crippen molar-refractivity contribution in [3.8, 4) is 0 Å². The van der Waals surface area contributed by atoms with Crippen LogP contribution in [0.3, 0.4) is 0 Å². The summed E-state index contributed by atoms with van der Waals surface area (Å²) in [4.78, 5) is 13.5. The largest absolute Gasteiger partial charge is 0.378 e. The van der Waals surface area contributed by atoms with E-state index in [0.717, 1.165) is 5.69 Å². The third kappa shape index (κ3) is 2.33. The Bertz CT molecular complexity index is 332. The maximum absolute atomic E-state index is 11.6. The summed E-state index contributed by atoms with van der Waals surface area (Å²) in [5.74, 6) is -0.0197. The molecule has 0 saturated carbocycles. The molecule has 1 aromatic carbocycles. The standard InChI is InChI=1S/C11H16N2O/c1-8(12)11(14)9-5-4-6-10(7-9)13(2)3/h4-8H,12H2,1-3H3. The number of hydrogen-bond acceptors (Lipinski definition) is 3.